The molecule has 1 heterocycles. The third-order valence-corrected chi connectivity index (χ3v) is 5.20. The largest absolute Gasteiger partial charge is 0.497 e. The van der Waals surface area contributed by atoms with Crippen LogP contribution < -0.4 is 15.0 Å². The SMILES string of the molecule is COc1cccc(CC(=O)N2CC[NH+](CC(=O)Nc3ccccc3Cl)CC2)c1. The first-order valence-corrected chi connectivity index (χ1v) is 9.71. The van der Waals surface area contributed by atoms with Crippen LogP contribution in [-0.2, 0) is 16.0 Å². The monoisotopic (exact) mass is 402 g/mol. The average Bonchev–Trinajstić information content (AvgIpc) is 2.70. The number of nitrogens with one attached hydrogen (secondary N) is 2. The quantitative estimate of drug-likeness (QED) is 0.764. The van der Waals surface area contributed by atoms with Gasteiger partial charge in [-0.1, -0.05) is 35.9 Å². The number of amides is 2. The fourth-order valence-electron chi connectivity index (χ4n) is 3.30. The number of hydrogen-bond acceptors (Lipinski definition) is 3. The molecule has 2 N–H and O–H groups in total. The summed E-state index contributed by atoms with van der Waals surface area (Å²) in [7, 11) is 1.62. The molecule has 1 fully saturated rings. The highest BCUT2D eigenvalue weighted by molar-refractivity contribution is 6.33. The molecule has 148 valence electrons. The summed E-state index contributed by atoms with van der Waals surface area (Å²) in [5.41, 5.74) is 1.57. The molecular weight excluding hydrogens is 378 g/mol. The number of rotatable bonds is 6. The predicted molar refractivity (Wildman–Crippen MR) is 109 cm³/mol. The number of carbonyl (C=O) groups is 2. The second-order valence-electron chi connectivity index (χ2n) is 6.86. The van der Waals surface area contributed by atoms with E-state index in [0.29, 0.717) is 36.8 Å². The van der Waals surface area contributed by atoms with Crippen LogP contribution in [0.25, 0.3) is 0 Å². The Kier molecular flexibility index (Phi) is 6.90. The third kappa shape index (κ3) is 5.47. The molecular formula is C21H25ClN3O3+. The first-order valence-electron chi connectivity index (χ1n) is 9.34. The van der Waals surface area contributed by atoms with E-state index in [1.54, 1.807) is 19.2 Å². The lowest BCUT2D eigenvalue weighted by Crippen LogP contribution is -3.15. The normalized spacial score (nSPS) is 14.6. The summed E-state index contributed by atoms with van der Waals surface area (Å²) >= 11 is 6.08. The van der Waals surface area contributed by atoms with Gasteiger partial charge in [-0.05, 0) is 29.8 Å². The Hall–Kier alpha value is -2.57. The van der Waals surface area contributed by atoms with Gasteiger partial charge < -0.3 is 19.9 Å². The minimum absolute atomic E-state index is 0.0701. The zero-order valence-electron chi connectivity index (χ0n) is 15.9. The zero-order valence-corrected chi connectivity index (χ0v) is 16.7. The van der Waals surface area contributed by atoms with Gasteiger partial charge in [0.25, 0.3) is 5.91 Å². The zero-order chi connectivity index (χ0) is 19.9. The molecule has 2 aromatic carbocycles. The lowest BCUT2D eigenvalue weighted by Gasteiger charge is -2.32. The second kappa shape index (κ2) is 9.57. The molecule has 0 aliphatic carbocycles. The van der Waals surface area contributed by atoms with E-state index in [2.05, 4.69) is 5.32 Å². The molecule has 28 heavy (non-hydrogen) atoms. The van der Waals surface area contributed by atoms with Gasteiger partial charge >= 0.3 is 0 Å². The fraction of sp³-hybridized carbons (Fsp3) is 0.333. The molecule has 3 rings (SSSR count). The van der Waals surface area contributed by atoms with Crippen molar-refractivity contribution >= 4 is 29.1 Å². The van der Waals surface area contributed by atoms with Gasteiger partial charge in [0.1, 0.15) is 5.75 Å². The summed E-state index contributed by atoms with van der Waals surface area (Å²) in [6.45, 7) is 3.16. The molecule has 0 radical (unpaired) electrons. The van der Waals surface area contributed by atoms with Crippen molar-refractivity contribution in [3.8, 4) is 5.75 Å². The number of anilines is 1. The van der Waals surface area contributed by atoms with Crippen molar-refractivity contribution in [1.82, 2.24) is 4.90 Å². The number of carbonyl (C=O) groups excluding carboxylic acids is 2. The first kappa shape index (κ1) is 20.2. The van der Waals surface area contributed by atoms with Crippen LogP contribution in [0.4, 0.5) is 5.69 Å². The van der Waals surface area contributed by atoms with Gasteiger partial charge in [-0.3, -0.25) is 9.59 Å². The maximum atomic E-state index is 12.6. The van der Waals surface area contributed by atoms with Crippen molar-refractivity contribution in [3.63, 3.8) is 0 Å². The summed E-state index contributed by atoms with van der Waals surface area (Å²) in [6.07, 6.45) is 0.361. The van der Waals surface area contributed by atoms with Crippen LogP contribution >= 0.6 is 11.6 Å². The maximum absolute atomic E-state index is 12.6. The second-order valence-corrected chi connectivity index (χ2v) is 7.27. The van der Waals surface area contributed by atoms with Crippen molar-refractivity contribution < 1.29 is 19.2 Å². The van der Waals surface area contributed by atoms with E-state index >= 15 is 0 Å². The van der Waals surface area contributed by atoms with Gasteiger partial charge in [0.2, 0.25) is 5.91 Å². The van der Waals surface area contributed by atoms with E-state index in [4.69, 9.17) is 16.3 Å². The Morgan fingerprint density at radius 1 is 1.14 bits per heavy atom. The Morgan fingerprint density at radius 3 is 2.61 bits per heavy atom. The van der Waals surface area contributed by atoms with Crippen LogP contribution in [0.1, 0.15) is 5.56 Å². The molecule has 0 spiro atoms. The number of halogens is 1. The molecule has 0 unspecified atom stereocenters. The summed E-state index contributed by atoms with van der Waals surface area (Å²) < 4.78 is 5.21. The van der Waals surface area contributed by atoms with Gasteiger partial charge in [-0.15, -0.1) is 0 Å². The molecule has 2 amide bonds. The highest BCUT2D eigenvalue weighted by Gasteiger charge is 2.25. The van der Waals surface area contributed by atoms with E-state index in [0.717, 1.165) is 29.3 Å². The number of para-hydroxylation sites is 1. The number of nitrogens with zero attached hydrogens (tertiary/aromatic N) is 1. The molecule has 0 bridgehead atoms. The summed E-state index contributed by atoms with van der Waals surface area (Å²) in [6, 6.07) is 14.8. The number of methoxy groups -OCH3 is 1. The number of hydrogen-bond donors (Lipinski definition) is 2. The molecule has 2 aromatic rings. The van der Waals surface area contributed by atoms with E-state index in [9.17, 15) is 9.59 Å². The third-order valence-electron chi connectivity index (χ3n) is 4.87. The van der Waals surface area contributed by atoms with Crippen molar-refractivity contribution in [1.29, 1.82) is 0 Å². The average molecular weight is 403 g/mol. The molecule has 1 aliphatic rings. The van der Waals surface area contributed by atoms with Crippen LogP contribution in [-0.4, -0.2) is 56.5 Å². The molecule has 0 atom stereocenters. The fourth-order valence-corrected chi connectivity index (χ4v) is 3.48. The topological polar surface area (TPSA) is 63.1 Å². The maximum Gasteiger partial charge on any atom is 0.279 e. The van der Waals surface area contributed by atoms with E-state index < -0.39 is 0 Å². The summed E-state index contributed by atoms with van der Waals surface area (Å²) in [5, 5.41) is 3.38. The summed E-state index contributed by atoms with van der Waals surface area (Å²) in [4.78, 5) is 27.9. The van der Waals surface area contributed by atoms with Crippen LogP contribution in [0.5, 0.6) is 5.75 Å². The molecule has 0 aromatic heterocycles. The highest BCUT2D eigenvalue weighted by atomic mass is 35.5. The van der Waals surface area contributed by atoms with Gasteiger partial charge in [0.05, 0.1) is 50.4 Å². The van der Waals surface area contributed by atoms with Gasteiger partial charge in [-0.25, -0.2) is 0 Å². The first-order chi connectivity index (χ1) is 13.5. The van der Waals surface area contributed by atoms with Crippen molar-refractivity contribution in [2.45, 2.75) is 6.42 Å². The number of benzene rings is 2. The van der Waals surface area contributed by atoms with E-state index in [1.165, 1.54) is 0 Å². The lowest BCUT2D eigenvalue weighted by atomic mass is 10.1. The minimum atomic E-state index is -0.0701. The molecule has 1 aliphatic heterocycles. The van der Waals surface area contributed by atoms with Gasteiger partial charge in [0, 0.05) is 0 Å². The van der Waals surface area contributed by atoms with Crippen LogP contribution in [0.15, 0.2) is 48.5 Å². The minimum Gasteiger partial charge on any atom is -0.497 e. The van der Waals surface area contributed by atoms with Crippen molar-refractivity contribution in [2.24, 2.45) is 0 Å². The Balaban J connectivity index is 1.45. The van der Waals surface area contributed by atoms with Gasteiger partial charge in [-0.2, -0.15) is 0 Å². The summed E-state index contributed by atoms with van der Waals surface area (Å²) in [5.74, 6) is 0.788. The van der Waals surface area contributed by atoms with Gasteiger partial charge in [0.15, 0.2) is 6.54 Å². The molecule has 6 nitrogen and oxygen atoms in total. The highest BCUT2D eigenvalue weighted by Crippen LogP contribution is 2.20. The van der Waals surface area contributed by atoms with Crippen molar-refractivity contribution in [3.05, 3.63) is 59.1 Å². The smallest absolute Gasteiger partial charge is 0.279 e. The number of quaternary nitrogens is 1. The van der Waals surface area contributed by atoms with Crippen molar-refractivity contribution in [2.75, 3.05) is 45.2 Å². The molecule has 1 saturated heterocycles. The lowest BCUT2D eigenvalue weighted by molar-refractivity contribution is -0.895. The Morgan fingerprint density at radius 2 is 1.89 bits per heavy atom. The van der Waals surface area contributed by atoms with Crippen LogP contribution in [0.2, 0.25) is 5.02 Å². The molecule has 0 saturated carbocycles. The standard InChI is InChI=1S/C21H24ClN3O3/c1-28-17-6-4-5-16(13-17)14-21(27)25-11-9-24(10-12-25)15-20(26)23-19-8-3-2-7-18(19)22/h2-8,13H,9-12,14-15H2,1H3,(H,23,26)/p+1. The predicted octanol–water partition coefficient (Wildman–Crippen LogP) is 1.26. The number of ether oxygens (including phenoxy) is 1. The van der Waals surface area contributed by atoms with E-state index in [-0.39, 0.29) is 11.8 Å². The van der Waals surface area contributed by atoms with Crippen LogP contribution in [0, 0.1) is 0 Å². The van der Waals surface area contributed by atoms with Crippen LogP contribution in [0.3, 0.4) is 0 Å². The molecule has 7 heteroatoms. The number of piperazine rings is 1. The Labute approximate surface area is 170 Å². The Bertz CT molecular complexity index is 835. The van der Waals surface area contributed by atoms with E-state index in [1.807, 2.05) is 41.3 Å².